The van der Waals surface area contributed by atoms with Crippen molar-refractivity contribution < 1.29 is 0 Å². The second kappa shape index (κ2) is 90.5. The van der Waals surface area contributed by atoms with Crippen LogP contribution < -0.4 is 0 Å². The maximum atomic E-state index is 4.22. The van der Waals surface area contributed by atoms with E-state index in [1.54, 1.807) is 0 Å². The van der Waals surface area contributed by atoms with Crippen molar-refractivity contribution >= 4 is 0 Å². The predicted octanol–water partition coefficient (Wildman–Crippen LogP) is 34.2. The lowest BCUT2D eigenvalue weighted by atomic mass is 10.0. The minimum atomic E-state index is 0.635. The summed E-state index contributed by atoms with van der Waals surface area (Å²) in [7, 11) is 0. The lowest BCUT2D eigenvalue weighted by Crippen LogP contribution is -2.07. The Bertz CT molecular complexity index is 4010. The van der Waals surface area contributed by atoms with Crippen molar-refractivity contribution in [1.29, 1.82) is 0 Å². The molecular formula is C124H240N24. The highest BCUT2D eigenvalue weighted by Crippen LogP contribution is 2.23. The molecule has 0 unspecified atom stereocenters. The summed E-state index contributed by atoms with van der Waals surface area (Å²) in [6.07, 6.45) is 81.9. The van der Waals surface area contributed by atoms with Crippen molar-refractivity contribution in [3.63, 3.8) is 0 Å². The SMILES string of the molecule is CC(C)CCCCCCCn1nncc1CCC(C)C.CC(C)CCCCCCc1cnnn1CCC(C)C.CC(C)CCCCCc1cn(CC(C)C)nn1.CC(C)CCCCCn1nncc1CCC(C)C.CC(C)CCCCCn1nncc1CCCC(C)C.CC(C)CCCCc1cnnn1CCCCC(C)C.CC(C)CCCCc1cnnn1CCCCC(C)C.CC(C)CCCCn1cc(CCC(C)C)nn1. The highest BCUT2D eigenvalue weighted by molar-refractivity contribution is 5.00. The Morgan fingerprint density at radius 3 is 0.662 bits per heavy atom. The molecular weight excluding hydrogens is 1830 g/mol. The molecule has 0 fully saturated rings. The van der Waals surface area contributed by atoms with Crippen LogP contribution in [0.25, 0.3) is 0 Å². The summed E-state index contributed by atoms with van der Waals surface area (Å²) in [6, 6.07) is 0. The Hall–Kier alpha value is -6.88. The number of hydrogen-bond acceptors (Lipinski definition) is 16. The molecule has 856 valence electrons. The topological polar surface area (TPSA) is 246 Å². The van der Waals surface area contributed by atoms with Crippen molar-refractivity contribution in [2.75, 3.05) is 0 Å². The second-order valence-corrected chi connectivity index (χ2v) is 50.5. The second-order valence-electron chi connectivity index (χ2n) is 50.5. The third-order valence-corrected chi connectivity index (χ3v) is 27.3. The molecule has 0 aliphatic carbocycles. The lowest BCUT2D eigenvalue weighted by Gasteiger charge is -2.08. The van der Waals surface area contributed by atoms with Gasteiger partial charge in [0.2, 0.25) is 0 Å². The van der Waals surface area contributed by atoms with Gasteiger partial charge in [-0.25, -0.2) is 28.1 Å². The number of nitrogens with zero attached hydrogens (tertiary/aromatic N) is 24. The Balaban J connectivity index is 0.000000846. The zero-order valence-corrected chi connectivity index (χ0v) is 103. The van der Waals surface area contributed by atoms with Crippen molar-refractivity contribution in [1.82, 2.24) is 120 Å². The van der Waals surface area contributed by atoms with Crippen LogP contribution >= 0.6 is 0 Å². The predicted molar refractivity (Wildman–Crippen MR) is 630 cm³/mol. The van der Waals surface area contributed by atoms with Gasteiger partial charge in [-0.1, -0.05) is 449 Å². The number of aryl methyl sites for hydroxylation is 15. The maximum absolute atomic E-state index is 4.22. The van der Waals surface area contributed by atoms with Gasteiger partial charge in [0, 0.05) is 64.8 Å². The number of aromatic nitrogens is 24. The molecule has 0 saturated carbocycles. The molecule has 0 atom stereocenters. The first-order valence-electron chi connectivity index (χ1n) is 61.7. The molecule has 24 heteroatoms. The Morgan fingerprint density at radius 2 is 0.351 bits per heavy atom. The Morgan fingerprint density at radius 1 is 0.155 bits per heavy atom. The Kier molecular flexibility index (Phi) is 85.1. The van der Waals surface area contributed by atoms with Crippen LogP contribution in [0.15, 0.2) is 49.6 Å². The van der Waals surface area contributed by atoms with Gasteiger partial charge < -0.3 is 0 Å². The van der Waals surface area contributed by atoms with Crippen molar-refractivity contribution in [2.45, 2.75) is 608 Å². The van der Waals surface area contributed by atoms with Crippen LogP contribution in [0.1, 0.15) is 550 Å². The van der Waals surface area contributed by atoms with Gasteiger partial charge in [0.15, 0.2) is 0 Å². The first kappa shape index (κ1) is 139. The van der Waals surface area contributed by atoms with Crippen LogP contribution in [0.4, 0.5) is 0 Å². The molecule has 8 aromatic heterocycles. The molecule has 0 spiro atoms. The smallest absolute Gasteiger partial charge is 0.0827 e. The highest BCUT2D eigenvalue weighted by Gasteiger charge is 2.15. The molecule has 0 aliphatic rings. The van der Waals surface area contributed by atoms with Gasteiger partial charge >= 0.3 is 0 Å². The number of hydrogen-bond donors (Lipinski definition) is 0. The van der Waals surface area contributed by atoms with E-state index in [-0.39, 0.29) is 0 Å². The van der Waals surface area contributed by atoms with Crippen LogP contribution in [0.2, 0.25) is 0 Å². The molecule has 0 radical (unpaired) electrons. The lowest BCUT2D eigenvalue weighted by molar-refractivity contribution is 0.462. The monoisotopic (exact) mass is 2070 g/mol. The molecule has 8 aromatic rings. The van der Waals surface area contributed by atoms with E-state index < -0.39 is 0 Å². The summed E-state index contributed by atoms with van der Waals surface area (Å²) in [5, 5.41) is 66.3. The van der Waals surface area contributed by atoms with E-state index in [1.807, 2.05) is 46.5 Å². The fourth-order valence-electron chi connectivity index (χ4n) is 17.6. The summed E-state index contributed by atoms with van der Waals surface area (Å²) in [6.45, 7) is 81.1. The van der Waals surface area contributed by atoms with Gasteiger partial charge in [-0.15, -0.1) is 40.8 Å². The quantitative estimate of drug-likeness (QED) is 0.0322. The van der Waals surface area contributed by atoms with Gasteiger partial charge in [0.05, 0.1) is 82.7 Å². The standard InChI is InChI=1S/C17H33N3.4C16H31N3.C15H29N3.2C14H27N3/c1-15(2)10-8-6-5-7-9-13-20-17(14-18-19-20)12-11-16(3)4;2*1-14(2)9-5-6-11-16-13-17-18-19(16)12-8-7-10-15(3)4;1-14(2)9-6-5-7-12-19-16(13-17-18-19)11-8-10-15(3)4;1-14(2)9-7-5-6-8-10-16-13-17-18-19(16)12-11-15(3)4;1-13(2)8-6-5-7-11-18-15(12-16-17-18)10-9-14(3)4;1-12(2)7-5-6-10-17-11-14(15-16-17)9-8-13(3)4;1-12(2)8-6-5-7-9-14-11-17(16-15-14)10-13(3)4/h14-16H,5-13H2,1-4H3;4*13-15H,5-12H2,1-4H3;12-14H,5-11H2,1-4H3;2*11-13H,5-10H2,1-4H3. The largest absolute Gasteiger partial charge is 0.252 e. The van der Waals surface area contributed by atoms with Gasteiger partial charge in [-0.05, 0) is 242 Å². The molecule has 0 amide bonds. The Labute approximate surface area is 912 Å². The fourth-order valence-corrected chi connectivity index (χ4v) is 17.6. The van der Waals surface area contributed by atoms with E-state index in [2.05, 4.69) is 345 Å². The van der Waals surface area contributed by atoms with Gasteiger partial charge in [0.25, 0.3) is 0 Å². The third kappa shape index (κ3) is 82.7. The van der Waals surface area contributed by atoms with E-state index in [0.29, 0.717) is 5.92 Å². The summed E-state index contributed by atoms with van der Waals surface area (Å²) >= 11 is 0. The zero-order valence-electron chi connectivity index (χ0n) is 103. The summed E-state index contributed by atoms with van der Waals surface area (Å²) in [5.74, 6) is 12.7. The number of rotatable bonds is 76. The first-order chi connectivity index (χ1) is 70.7. The van der Waals surface area contributed by atoms with Crippen molar-refractivity contribution in [3.8, 4) is 0 Å². The molecule has 0 N–H and O–H groups in total. The van der Waals surface area contributed by atoms with Crippen LogP contribution in [0, 0.1) is 94.7 Å². The van der Waals surface area contributed by atoms with E-state index in [1.165, 1.54) is 317 Å². The van der Waals surface area contributed by atoms with Crippen LogP contribution in [0.3, 0.4) is 0 Å². The van der Waals surface area contributed by atoms with E-state index in [9.17, 15) is 0 Å². The maximum Gasteiger partial charge on any atom is 0.0827 e. The summed E-state index contributed by atoms with van der Waals surface area (Å²) < 4.78 is 16.6. The first-order valence-corrected chi connectivity index (χ1v) is 61.7. The molecule has 0 saturated heterocycles. The molecule has 148 heavy (non-hydrogen) atoms. The van der Waals surface area contributed by atoms with E-state index in [4.69, 9.17) is 0 Å². The third-order valence-electron chi connectivity index (χ3n) is 27.3. The summed E-state index contributed by atoms with van der Waals surface area (Å²) in [4.78, 5) is 0. The average molecular weight is 2070 g/mol. The van der Waals surface area contributed by atoms with E-state index >= 15 is 0 Å². The highest BCUT2D eigenvalue weighted by atomic mass is 15.5. The summed E-state index contributed by atoms with van der Waals surface area (Å²) in [5.41, 5.74) is 10.1. The van der Waals surface area contributed by atoms with Crippen LogP contribution in [-0.2, 0) is 104 Å². The number of unbranched alkanes of at least 4 members (excludes halogenated alkanes) is 18. The average Bonchev–Trinajstić information content (AvgIpc) is 1.80. The van der Waals surface area contributed by atoms with Crippen molar-refractivity contribution in [3.05, 3.63) is 95.1 Å². The molecule has 8 rings (SSSR count). The zero-order chi connectivity index (χ0) is 110. The fraction of sp³-hybridized carbons (Fsp3) is 0.871. The molecule has 0 bridgehead atoms. The van der Waals surface area contributed by atoms with Gasteiger partial charge in [-0.3, -0.25) is 9.36 Å². The normalized spacial score (nSPS) is 11.7. The molecule has 24 nitrogen and oxygen atoms in total. The van der Waals surface area contributed by atoms with Gasteiger partial charge in [0.1, 0.15) is 0 Å². The van der Waals surface area contributed by atoms with E-state index in [0.717, 1.165) is 204 Å². The van der Waals surface area contributed by atoms with Crippen LogP contribution in [0.5, 0.6) is 0 Å². The minimum Gasteiger partial charge on any atom is -0.252 e. The molecule has 8 heterocycles. The van der Waals surface area contributed by atoms with Crippen molar-refractivity contribution in [2.24, 2.45) is 94.7 Å². The van der Waals surface area contributed by atoms with Gasteiger partial charge in [-0.2, -0.15) is 0 Å². The molecule has 0 aromatic carbocycles. The minimum absolute atomic E-state index is 0.635. The molecule has 0 aliphatic heterocycles. The van der Waals surface area contributed by atoms with Crippen LogP contribution in [-0.4, -0.2) is 120 Å².